The topological polar surface area (TPSA) is 26.3 Å². The lowest BCUT2D eigenvalue weighted by Crippen LogP contribution is -2.36. The Morgan fingerprint density at radius 2 is 2.00 bits per heavy atom. The van der Waals surface area contributed by atoms with Gasteiger partial charge in [0.1, 0.15) is 11.9 Å². The van der Waals surface area contributed by atoms with Crippen molar-refractivity contribution in [2.24, 2.45) is 5.92 Å². The fraction of sp³-hybridized carbons (Fsp3) is 0.615. The smallest absolute Gasteiger partial charge is 0.126 e. The molecule has 0 saturated heterocycles. The van der Waals surface area contributed by atoms with Gasteiger partial charge in [0.15, 0.2) is 0 Å². The van der Waals surface area contributed by atoms with Gasteiger partial charge < -0.3 is 9.53 Å². The fourth-order valence-electron chi connectivity index (χ4n) is 2.02. The van der Waals surface area contributed by atoms with Crippen molar-refractivity contribution in [3.8, 4) is 0 Å². The minimum atomic E-state index is -0.477. The molecule has 0 heterocycles. The maximum Gasteiger partial charge on any atom is 0.126 e. The summed E-state index contributed by atoms with van der Waals surface area (Å²) in [6.45, 7) is 2.16. The van der Waals surface area contributed by atoms with Crippen molar-refractivity contribution in [2.75, 3.05) is 7.11 Å². The molecule has 0 aromatic rings. The Kier molecular flexibility index (Phi) is 4.76. The third-order valence-electron chi connectivity index (χ3n) is 3.04. The number of unbranched alkanes of at least 4 members (excludes halogenated alkanes) is 2. The van der Waals surface area contributed by atoms with Crippen molar-refractivity contribution in [2.45, 2.75) is 38.2 Å². The molecule has 0 saturated carbocycles. The van der Waals surface area contributed by atoms with E-state index in [2.05, 4.69) is 6.92 Å². The Morgan fingerprint density at radius 3 is 2.47 bits per heavy atom. The second-order valence-electron chi connectivity index (χ2n) is 4.01. The molecule has 1 rings (SSSR count). The van der Waals surface area contributed by atoms with Gasteiger partial charge in [-0.1, -0.05) is 38.3 Å². The quantitative estimate of drug-likeness (QED) is 0.475. The highest BCUT2D eigenvalue weighted by Crippen LogP contribution is 2.31. The number of carbonyl (C=O) groups is 1. The molecule has 84 valence electrons. The number of hydrogen-bond donors (Lipinski definition) is 0. The molecule has 1 atom stereocenters. The molecule has 2 heteroatoms. The van der Waals surface area contributed by atoms with Gasteiger partial charge in [-0.3, -0.25) is 0 Å². The summed E-state index contributed by atoms with van der Waals surface area (Å²) in [6.07, 6.45) is 13.2. The third-order valence-corrected chi connectivity index (χ3v) is 3.04. The summed E-state index contributed by atoms with van der Waals surface area (Å²) in [5.74, 6) is -0.0518. The van der Waals surface area contributed by atoms with Crippen LogP contribution in [-0.2, 0) is 9.53 Å². The largest absolute Gasteiger partial charge is 0.369 e. The Balaban J connectivity index is 2.59. The Bertz CT molecular complexity index is 241. The molecule has 15 heavy (non-hydrogen) atoms. The van der Waals surface area contributed by atoms with Crippen LogP contribution in [0.1, 0.15) is 32.6 Å². The van der Waals surface area contributed by atoms with Crippen molar-refractivity contribution in [3.05, 3.63) is 24.3 Å². The van der Waals surface area contributed by atoms with Crippen molar-refractivity contribution >= 4 is 6.29 Å². The van der Waals surface area contributed by atoms with Crippen LogP contribution in [-0.4, -0.2) is 19.0 Å². The van der Waals surface area contributed by atoms with E-state index in [0.29, 0.717) is 0 Å². The van der Waals surface area contributed by atoms with Gasteiger partial charge in [0.05, 0.1) is 5.92 Å². The van der Waals surface area contributed by atoms with Gasteiger partial charge in [-0.2, -0.15) is 0 Å². The maximum atomic E-state index is 11.1. The zero-order valence-electron chi connectivity index (χ0n) is 9.61. The van der Waals surface area contributed by atoms with Crippen LogP contribution in [0.3, 0.4) is 0 Å². The van der Waals surface area contributed by atoms with E-state index in [4.69, 9.17) is 4.74 Å². The number of carbonyl (C=O) groups excluding carboxylic acids is 1. The first-order valence-electron chi connectivity index (χ1n) is 5.66. The zero-order valence-corrected chi connectivity index (χ0v) is 9.61. The van der Waals surface area contributed by atoms with E-state index < -0.39 is 5.60 Å². The average molecular weight is 208 g/mol. The molecule has 0 aliphatic heterocycles. The monoisotopic (exact) mass is 208 g/mol. The van der Waals surface area contributed by atoms with Gasteiger partial charge in [0, 0.05) is 7.11 Å². The minimum absolute atomic E-state index is 0.0518. The summed E-state index contributed by atoms with van der Waals surface area (Å²) in [4.78, 5) is 11.1. The summed E-state index contributed by atoms with van der Waals surface area (Å²) in [5.41, 5.74) is -0.477. The molecule has 0 spiro atoms. The SMILES string of the molecule is CCCCCC(C=O)C1(OC)C=CC=C1. The summed E-state index contributed by atoms with van der Waals surface area (Å²) in [7, 11) is 1.66. The summed E-state index contributed by atoms with van der Waals surface area (Å²) < 4.78 is 5.48. The molecular weight excluding hydrogens is 188 g/mol. The maximum absolute atomic E-state index is 11.1. The molecule has 0 aromatic carbocycles. The predicted molar refractivity (Wildman–Crippen MR) is 61.7 cm³/mol. The number of methoxy groups -OCH3 is 1. The summed E-state index contributed by atoms with van der Waals surface area (Å²) in [5, 5.41) is 0. The Hall–Kier alpha value is -0.890. The molecule has 0 amide bonds. The fourth-order valence-corrected chi connectivity index (χ4v) is 2.02. The van der Waals surface area contributed by atoms with Crippen LogP contribution in [0.15, 0.2) is 24.3 Å². The van der Waals surface area contributed by atoms with E-state index in [9.17, 15) is 4.79 Å². The van der Waals surface area contributed by atoms with Crippen molar-refractivity contribution in [1.82, 2.24) is 0 Å². The number of hydrogen-bond acceptors (Lipinski definition) is 2. The highest BCUT2D eigenvalue weighted by atomic mass is 16.5. The van der Waals surface area contributed by atoms with Gasteiger partial charge in [0.25, 0.3) is 0 Å². The second kappa shape index (κ2) is 5.86. The molecule has 1 aliphatic rings. The highest BCUT2D eigenvalue weighted by Gasteiger charge is 2.34. The van der Waals surface area contributed by atoms with E-state index in [-0.39, 0.29) is 5.92 Å². The standard InChI is InChI=1S/C13H20O2/c1-3-4-5-8-12(11-14)13(15-2)9-6-7-10-13/h6-7,9-12H,3-5,8H2,1-2H3. The van der Waals surface area contributed by atoms with Gasteiger partial charge in [-0.25, -0.2) is 0 Å². The lowest BCUT2D eigenvalue weighted by molar-refractivity contribution is -0.117. The Labute approximate surface area is 92.0 Å². The van der Waals surface area contributed by atoms with Crippen LogP contribution in [0.4, 0.5) is 0 Å². The average Bonchev–Trinajstić information content (AvgIpc) is 2.74. The van der Waals surface area contributed by atoms with E-state index in [1.54, 1.807) is 7.11 Å². The van der Waals surface area contributed by atoms with Crippen molar-refractivity contribution in [1.29, 1.82) is 0 Å². The van der Waals surface area contributed by atoms with Crippen LogP contribution in [0.2, 0.25) is 0 Å². The molecule has 0 fully saturated rings. The molecule has 0 aromatic heterocycles. The molecule has 2 nitrogen and oxygen atoms in total. The number of rotatable bonds is 7. The molecule has 1 unspecified atom stereocenters. The van der Waals surface area contributed by atoms with Crippen molar-refractivity contribution < 1.29 is 9.53 Å². The third kappa shape index (κ3) is 2.78. The van der Waals surface area contributed by atoms with E-state index in [1.807, 2.05) is 24.3 Å². The lowest BCUT2D eigenvalue weighted by atomic mass is 9.85. The minimum Gasteiger partial charge on any atom is -0.369 e. The highest BCUT2D eigenvalue weighted by molar-refractivity contribution is 5.59. The zero-order chi connectivity index (χ0) is 11.1. The molecule has 0 radical (unpaired) electrons. The van der Waals surface area contributed by atoms with Gasteiger partial charge >= 0.3 is 0 Å². The van der Waals surface area contributed by atoms with Gasteiger partial charge in [-0.15, -0.1) is 0 Å². The number of ether oxygens (including phenoxy) is 1. The van der Waals surface area contributed by atoms with Gasteiger partial charge in [-0.05, 0) is 18.6 Å². The first-order chi connectivity index (χ1) is 7.29. The molecule has 0 N–H and O–H groups in total. The van der Waals surface area contributed by atoms with Crippen LogP contribution < -0.4 is 0 Å². The molecule has 1 aliphatic carbocycles. The van der Waals surface area contributed by atoms with Gasteiger partial charge in [0.2, 0.25) is 0 Å². The number of aldehydes is 1. The first-order valence-corrected chi connectivity index (χ1v) is 5.66. The second-order valence-corrected chi connectivity index (χ2v) is 4.01. The van der Waals surface area contributed by atoms with Crippen LogP contribution >= 0.6 is 0 Å². The van der Waals surface area contributed by atoms with Crippen molar-refractivity contribution in [3.63, 3.8) is 0 Å². The normalized spacial score (nSPS) is 19.3. The van der Waals surface area contributed by atoms with Crippen LogP contribution in [0.25, 0.3) is 0 Å². The van der Waals surface area contributed by atoms with E-state index >= 15 is 0 Å². The Morgan fingerprint density at radius 1 is 1.33 bits per heavy atom. The number of allylic oxidation sites excluding steroid dienone is 2. The van der Waals surface area contributed by atoms with Crippen LogP contribution in [0, 0.1) is 5.92 Å². The van der Waals surface area contributed by atoms with Crippen LogP contribution in [0.5, 0.6) is 0 Å². The summed E-state index contributed by atoms with van der Waals surface area (Å²) >= 11 is 0. The molecular formula is C13H20O2. The first kappa shape index (κ1) is 12.2. The van der Waals surface area contributed by atoms with E-state index in [0.717, 1.165) is 19.1 Å². The lowest BCUT2D eigenvalue weighted by Gasteiger charge is -2.29. The predicted octanol–water partition coefficient (Wildman–Crippen LogP) is 2.89. The van der Waals surface area contributed by atoms with E-state index in [1.165, 1.54) is 12.8 Å². The molecule has 0 bridgehead atoms. The summed E-state index contributed by atoms with van der Waals surface area (Å²) in [6, 6.07) is 0.